The minimum atomic E-state index is -0.952. The van der Waals surface area contributed by atoms with Gasteiger partial charge in [-0.3, -0.25) is 9.88 Å². The molecule has 2 aromatic heterocycles. The number of nitrogens with zero attached hydrogens (tertiary/aromatic N) is 4. The maximum atomic E-state index is 11.2. The van der Waals surface area contributed by atoms with Gasteiger partial charge in [0.2, 0.25) is 0 Å². The Hall–Kier alpha value is -2.38. The minimum Gasteiger partial charge on any atom is -0.478 e. The number of carboxylic acids is 1. The number of fused-ring (bicyclic) bond motifs is 1. The molecule has 0 amide bonds. The summed E-state index contributed by atoms with van der Waals surface area (Å²) in [6.07, 6.45) is 1.61. The molecule has 0 aliphatic carbocycles. The largest absolute Gasteiger partial charge is 0.478 e. The van der Waals surface area contributed by atoms with Crippen LogP contribution in [0.1, 0.15) is 21.6 Å². The zero-order valence-corrected chi connectivity index (χ0v) is 12.7. The SMILES string of the molecule is CN(Cc1ccc2nsnc2c1)Cc1ncccc1C(=O)O. The third kappa shape index (κ3) is 3.10. The van der Waals surface area contributed by atoms with Crippen molar-refractivity contribution < 1.29 is 9.90 Å². The van der Waals surface area contributed by atoms with Crippen molar-refractivity contribution in [1.29, 1.82) is 0 Å². The van der Waals surface area contributed by atoms with E-state index in [1.807, 2.05) is 30.1 Å². The minimum absolute atomic E-state index is 0.244. The van der Waals surface area contributed by atoms with Gasteiger partial charge in [-0.1, -0.05) is 6.07 Å². The molecule has 1 aromatic carbocycles. The lowest BCUT2D eigenvalue weighted by Crippen LogP contribution is -2.20. The van der Waals surface area contributed by atoms with Gasteiger partial charge in [-0.05, 0) is 36.9 Å². The van der Waals surface area contributed by atoms with Crippen LogP contribution in [-0.4, -0.2) is 36.8 Å². The second-order valence-electron chi connectivity index (χ2n) is 5.06. The number of hydrogen-bond acceptors (Lipinski definition) is 6. The van der Waals surface area contributed by atoms with Crippen molar-refractivity contribution in [3.05, 3.63) is 53.3 Å². The van der Waals surface area contributed by atoms with Gasteiger partial charge in [0.05, 0.1) is 23.0 Å². The van der Waals surface area contributed by atoms with Crippen molar-refractivity contribution in [2.24, 2.45) is 0 Å². The summed E-state index contributed by atoms with van der Waals surface area (Å²) in [4.78, 5) is 17.4. The van der Waals surface area contributed by atoms with Gasteiger partial charge in [0, 0.05) is 19.3 Å². The molecule has 3 rings (SSSR count). The average molecular weight is 314 g/mol. The smallest absolute Gasteiger partial charge is 0.337 e. The second-order valence-corrected chi connectivity index (χ2v) is 5.59. The number of rotatable bonds is 5. The summed E-state index contributed by atoms with van der Waals surface area (Å²) in [6.45, 7) is 1.15. The number of hydrogen-bond donors (Lipinski definition) is 1. The Balaban J connectivity index is 1.74. The molecule has 1 N–H and O–H groups in total. The van der Waals surface area contributed by atoms with Crippen LogP contribution in [0.3, 0.4) is 0 Å². The number of carbonyl (C=O) groups is 1. The van der Waals surface area contributed by atoms with Gasteiger partial charge < -0.3 is 5.11 Å². The number of benzene rings is 1. The van der Waals surface area contributed by atoms with Gasteiger partial charge in [0.25, 0.3) is 0 Å². The van der Waals surface area contributed by atoms with E-state index < -0.39 is 5.97 Å². The van der Waals surface area contributed by atoms with Crippen LogP contribution < -0.4 is 0 Å². The first-order chi connectivity index (χ1) is 10.6. The molecular weight excluding hydrogens is 300 g/mol. The van der Waals surface area contributed by atoms with Crippen LogP contribution in [0.5, 0.6) is 0 Å². The molecule has 22 heavy (non-hydrogen) atoms. The number of aromatic nitrogens is 3. The first-order valence-electron chi connectivity index (χ1n) is 6.70. The lowest BCUT2D eigenvalue weighted by atomic mass is 10.1. The molecule has 0 saturated heterocycles. The van der Waals surface area contributed by atoms with Gasteiger partial charge >= 0.3 is 5.97 Å². The van der Waals surface area contributed by atoms with Crippen LogP contribution in [-0.2, 0) is 13.1 Å². The Morgan fingerprint density at radius 2 is 2.05 bits per heavy atom. The van der Waals surface area contributed by atoms with E-state index in [9.17, 15) is 9.90 Å². The lowest BCUT2D eigenvalue weighted by Gasteiger charge is -2.17. The molecule has 3 aromatic rings. The Bertz CT molecular complexity index is 818. The molecule has 0 unspecified atom stereocenters. The normalized spacial score (nSPS) is 11.2. The van der Waals surface area contributed by atoms with E-state index in [-0.39, 0.29) is 5.56 Å². The third-order valence-corrected chi connectivity index (χ3v) is 3.87. The van der Waals surface area contributed by atoms with E-state index in [0.717, 1.165) is 16.6 Å². The molecule has 2 heterocycles. The van der Waals surface area contributed by atoms with Crippen LogP contribution in [0.15, 0.2) is 36.5 Å². The van der Waals surface area contributed by atoms with Crippen LogP contribution in [0, 0.1) is 0 Å². The van der Waals surface area contributed by atoms with Crippen molar-refractivity contribution in [2.75, 3.05) is 7.05 Å². The number of carboxylic acid groups (broad SMARTS) is 1. The van der Waals surface area contributed by atoms with Crippen molar-refractivity contribution >= 4 is 28.7 Å². The predicted molar refractivity (Wildman–Crippen MR) is 83.8 cm³/mol. The summed E-state index contributed by atoms with van der Waals surface area (Å²) >= 11 is 1.20. The standard InChI is InChI=1S/C15H14N4O2S/c1-19(9-14-11(15(20)21)3-2-6-16-14)8-10-4-5-12-13(7-10)18-22-17-12/h2-7H,8-9H2,1H3,(H,20,21). The zero-order chi connectivity index (χ0) is 15.5. The van der Waals surface area contributed by atoms with Gasteiger partial charge in [0.15, 0.2) is 0 Å². The molecule has 6 nitrogen and oxygen atoms in total. The van der Waals surface area contributed by atoms with Crippen LogP contribution in [0.4, 0.5) is 0 Å². The molecule has 0 bridgehead atoms. The van der Waals surface area contributed by atoms with E-state index in [1.165, 1.54) is 11.7 Å². The molecule has 112 valence electrons. The molecule has 0 fully saturated rings. The predicted octanol–water partition coefficient (Wildman–Crippen LogP) is 2.42. The van der Waals surface area contributed by atoms with Gasteiger partial charge in [-0.2, -0.15) is 8.75 Å². The number of pyridine rings is 1. The molecule has 7 heteroatoms. The molecule has 0 radical (unpaired) electrons. The summed E-state index contributed by atoms with van der Waals surface area (Å²) in [5.74, 6) is -0.952. The Kier molecular flexibility index (Phi) is 4.08. The lowest BCUT2D eigenvalue weighted by molar-refractivity contribution is 0.0694. The second kappa shape index (κ2) is 6.17. The fraction of sp³-hybridized carbons (Fsp3) is 0.200. The highest BCUT2D eigenvalue weighted by molar-refractivity contribution is 7.00. The van der Waals surface area contributed by atoms with Crippen molar-refractivity contribution in [3.63, 3.8) is 0 Å². The maximum Gasteiger partial charge on any atom is 0.337 e. The van der Waals surface area contributed by atoms with Crippen LogP contribution >= 0.6 is 11.7 Å². The molecule has 0 aliphatic heterocycles. The van der Waals surface area contributed by atoms with Crippen LogP contribution in [0.25, 0.3) is 11.0 Å². The molecule has 0 saturated carbocycles. The van der Waals surface area contributed by atoms with Crippen molar-refractivity contribution in [3.8, 4) is 0 Å². The summed E-state index contributed by atoms with van der Waals surface area (Å²) in [6, 6.07) is 9.18. The van der Waals surface area contributed by atoms with Gasteiger partial charge in [0.1, 0.15) is 11.0 Å². The monoisotopic (exact) mass is 314 g/mol. The highest BCUT2D eigenvalue weighted by Crippen LogP contribution is 2.16. The molecule has 0 aliphatic rings. The zero-order valence-electron chi connectivity index (χ0n) is 11.9. The van der Waals surface area contributed by atoms with E-state index in [1.54, 1.807) is 18.3 Å². The Morgan fingerprint density at radius 3 is 2.86 bits per heavy atom. The summed E-state index contributed by atoms with van der Waals surface area (Å²) in [7, 11) is 1.93. The average Bonchev–Trinajstić information content (AvgIpc) is 2.95. The highest BCUT2D eigenvalue weighted by atomic mass is 32.1. The first-order valence-corrected chi connectivity index (χ1v) is 7.43. The van der Waals surface area contributed by atoms with Gasteiger partial charge in [-0.15, -0.1) is 0 Å². The summed E-state index contributed by atoms with van der Waals surface area (Å²) < 4.78 is 8.41. The van der Waals surface area contributed by atoms with Crippen LogP contribution in [0.2, 0.25) is 0 Å². The van der Waals surface area contributed by atoms with E-state index in [4.69, 9.17) is 0 Å². The summed E-state index contributed by atoms with van der Waals surface area (Å²) in [5.41, 5.74) is 3.70. The topological polar surface area (TPSA) is 79.2 Å². The van der Waals surface area contributed by atoms with Gasteiger partial charge in [-0.25, -0.2) is 4.79 Å². The Labute approximate surface area is 131 Å². The van der Waals surface area contributed by atoms with E-state index in [0.29, 0.717) is 18.8 Å². The quantitative estimate of drug-likeness (QED) is 0.779. The highest BCUT2D eigenvalue weighted by Gasteiger charge is 2.12. The summed E-state index contributed by atoms with van der Waals surface area (Å²) in [5, 5.41) is 9.19. The fourth-order valence-electron chi connectivity index (χ4n) is 2.31. The number of aromatic carboxylic acids is 1. The van der Waals surface area contributed by atoms with Crippen molar-refractivity contribution in [1.82, 2.24) is 18.6 Å². The molecular formula is C15H14N4O2S. The molecule has 0 spiro atoms. The van der Waals surface area contributed by atoms with E-state index in [2.05, 4.69) is 13.7 Å². The Morgan fingerprint density at radius 1 is 1.23 bits per heavy atom. The van der Waals surface area contributed by atoms with Crippen molar-refractivity contribution in [2.45, 2.75) is 13.1 Å². The van der Waals surface area contributed by atoms with E-state index >= 15 is 0 Å². The first kappa shape index (κ1) is 14.6. The fourth-order valence-corrected chi connectivity index (χ4v) is 2.83. The maximum absolute atomic E-state index is 11.2. The molecule has 0 atom stereocenters. The third-order valence-electron chi connectivity index (χ3n) is 3.31.